The number of hydrogen-bond acceptors (Lipinski definition) is 2. The van der Waals surface area contributed by atoms with Crippen molar-refractivity contribution in [1.82, 2.24) is 4.57 Å². The number of rotatable bonds is 4. The molecule has 0 aliphatic carbocycles. The molecule has 2 N–H and O–H groups in total. The third-order valence-corrected chi connectivity index (χ3v) is 3.35. The van der Waals surface area contributed by atoms with E-state index in [1.165, 1.54) is 5.56 Å². The SMILES string of the molecule is Cc1c(C)n(C[C@H](O)CC(=O)O)c2ccccc12. The Morgan fingerprint density at radius 1 is 1.33 bits per heavy atom. The summed E-state index contributed by atoms with van der Waals surface area (Å²) in [6, 6.07) is 7.95. The van der Waals surface area contributed by atoms with Gasteiger partial charge in [0.1, 0.15) is 0 Å². The fourth-order valence-electron chi connectivity index (χ4n) is 2.32. The first-order chi connectivity index (χ1) is 8.50. The monoisotopic (exact) mass is 247 g/mol. The molecule has 0 unspecified atom stereocenters. The predicted molar refractivity (Wildman–Crippen MR) is 69.7 cm³/mol. The van der Waals surface area contributed by atoms with Gasteiger partial charge in [-0.15, -0.1) is 0 Å². The molecular formula is C14H17NO3. The van der Waals surface area contributed by atoms with E-state index in [-0.39, 0.29) is 6.42 Å². The van der Waals surface area contributed by atoms with Gasteiger partial charge in [-0.25, -0.2) is 0 Å². The molecule has 0 aliphatic heterocycles. The van der Waals surface area contributed by atoms with Gasteiger partial charge in [0, 0.05) is 23.1 Å². The summed E-state index contributed by atoms with van der Waals surface area (Å²) in [5.41, 5.74) is 3.28. The number of carbonyl (C=O) groups is 1. The van der Waals surface area contributed by atoms with Gasteiger partial charge in [0.15, 0.2) is 0 Å². The lowest BCUT2D eigenvalue weighted by molar-refractivity contribution is -0.139. The molecule has 0 spiro atoms. The Bertz CT molecular complexity index is 586. The quantitative estimate of drug-likeness (QED) is 0.869. The summed E-state index contributed by atoms with van der Waals surface area (Å²) in [4.78, 5) is 10.6. The van der Waals surface area contributed by atoms with E-state index in [2.05, 4.69) is 0 Å². The molecule has 1 aromatic carbocycles. The number of aryl methyl sites for hydroxylation is 1. The van der Waals surface area contributed by atoms with Crippen LogP contribution in [0.25, 0.3) is 10.9 Å². The number of aliphatic hydroxyl groups is 1. The summed E-state index contributed by atoms with van der Waals surface area (Å²) in [6.45, 7) is 4.34. The molecule has 96 valence electrons. The Morgan fingerprint density at radius 2 is 2.00 bits per heavy atom. The van der Waals surface area contributed by atoms with Gasteiger partial charge in [0.25, 0.3) is 0 Å². The zero-order chi connectivity index (χ0) is 13.3. The smallest absolute Gasteiger partial charge is 0.306 e. The maximum atomic E-state index is 10.6. The number of benzene rings is 1. The van der Waals surface area contributed by atoms with Crippen LogP contribution in [0.2, 0.25) is 0 Å². The summed E-state index contributed by atoms with van der Waals surface area (Å²) in [7, 11) is 0. The van der Waals surface area contributed by atoms with Crippen molar-refractivity contribution in [2.24, 2.45) is 0 Å². The van der Waals surface area contributed by atoms with Crippen LogP contribution < -0.4 is 0 Å². The highest BCUT2D eigenvalue weighted by Gasteiger charge is 2.15. The Labute approximate surface area is 105 Å². The Balaban J connectivity index is 2.38. The third-order valence-electron chi connectivity index (χ3n) is 3.35. The van der Waals surface area contributed by atoms with Crippen LogP contribution in [0.5, 0.6) is 0 Å². The van der Waals surface area contributed by atoms with Crippen molar-refractivity contribution < 1.29 is 15.0 Å². The maximum Gasteiger partial charge on any atom is 0.306 e. The van der Waals surface area contributed by atoms with Crippen molar-refractivity contribution in [3.05, 3.63) is 35.5 Å². The van der Waals surface area contributed by atoms with Crippen molar-refractivity contribution in [3.8, 4) is 0 Å². The maximum absolute atomic E-state index is 10.6. The first-order valence-corrected chi connectivity index (χ1v) is 5.95. The molecule has 18 heavy (non-hydrogen) atoms. The van der Waals surface area contributed by atoms with Gasteiger partial charge in [-0.05, 0) is 25.5 Å². The molecule has 1 aromatic heterocycles. The number of aliphatic carboxylic acids is 1. The van der Waals surface area contributed by atoms with Crippen LogP contribution in [-0.2, 0) is 11.3 Å². The molecule has 0 aliphatic rings. The number of aliphatic hydroxyl groups excluding tert-OH is 1. The second kappa shape index (κ2) is 4.82. The van der Waals surface area contributed by atoms with E-state index in [1.54, 1.807) is 0 Å². The van der Waals surface area contributed by atoms with Crippen LogP contribution in [-0.4, -0.2) is 26.9 Å². The minimum absolute atomic E-state index is 0.231. The standard InChI is InChI=1S/C14H17NO3/c1-9-10(2)15(8-11(16)7-14(17)18)13-6-4-3-5-12(9)13/h3-6,11,16H,7-8H2,1-2H3,(H,17,18)/t11-/m1/s1. The molecule has 2 aromatic rings. The lowest BCUT2D eigenvalue weighted by atomic mass is 10.2. The zero-order valence-corrected chi connectivity index (χ0v) is 10.6. The molecule has 1 atom stereocenters. The van der Waals surface area contributed by atoms with Crippen LogP contribution in [0, 0.1) is 13.8 Å². The molecule has 4 heteroatoms. The fraction of sp³-hybridized carbons (Fsp3) is 0.357. The van der Waals surface area contributed by atoms with Gasteiger partial charge in [-0.3, -0.25) is 4.79 Å². The molecule has 0 fully saturated rings. The summed E-state index contributed by atoms with van der Waals surface area (Å²) >= 11 is 0. The van der Waals surface area contributed by atoms with Gasteiger partial charge >= 0.3 is 5.97 Å². The van der Waals surface area contributed by atoms with Crippen LogP contribution >= 0.6 is 0 Å². The second-order valence-corrected chi connectivity index (χ2v) is 4.59. The number of carboxylic acid groups (broad SMARTS) is 1. The minimum atomic E-state index is -0.978. The number of carboxylic acids is 1. The van der Waals surface area contributed by atoms with Gasteiger partial charge in [-0.2, -0.15) is 0 Å². The zero-order valence-electron chi connectivity index (χ0n) is 10.6. The van der Waals surface area contributed by atoms with Gasteiger partial charge in [0.2, 0.25) is 0 Å². The van der Waals surface area contributed by atoms with Crippen molar-refractivity contribution in [1.29, 1.82) is 0 Å². The van der Waals surface area contributed by atoms with E-state index >= 15 is 0 Å². The summed E-state index contributed by atoms with van der Waals surface area (Å²) in [5.74, 6) is -0.978. The number of para-hydroxylation sites is 1. The van der Waals surface area contributed by atoms with E-state index in [0.29, 0.717) is 6.54 Å². The fourth-order valence-corrected chi connectivity index (χ4v) is 2.32. The van der Waals surface area contributed by atoms with Gasteiger partial charge < -0.3 is 14.8 Å². The minimum Gasteiger partial charge on any atom is -0.481 e. The summed E-state index contributed by atoms with van der Waals surface area (Å²) in [6.07, 6.45) is -1.10. The Kier molecular flexibility index (Phi) is 3.39. The van der Waals surface area contributed by atoms with Gasteiger partial charge in [0.05, 0.1) is 12.5 Å². The number of nitrogens with zero attached hydrogens (tertiary/aromatic N) is 1. The molecule has 2 rings (SSSR count). The molecule has 0 bridgehead atoms. The Morgan fingerprint density at radius 3 is 2.67 bits per heavy atom. The van der Waals surface area contributed by atoms with Crippen molar-refractivity contribution in [2.75, 3.05) is 0 Å². The highest BCUT2D eigenvalue weighted by molar-refractivity contribution is 5.85. The molecule has 0 amide bonds. The number of fused-ring (bicyclic) bond motifs is 1. The number of hydrogen-bond donors (Lipinski definition) is 2. The van der Waals surface area contributed by atoms with E-state index in [9.17, 15) is 9.90 Å². The highest BCUT2D eigenvalue weighted by Crippen LogP contribution is 2.25. The topological polar surface area (TPSA) is 62.5 Å². The van der Waals surface area contributed by atoms with Crippen LogP contribution in [0.1, 0.15) is 17.7 Å². The number of aromatic nitrogens is 1. The largest absolute Gasteiger partial charge is 0.481 e. The first-order valence-electron chi connectivity index (χ1n) is 5.95. The van der Waals surface area contributed by atoms with Gasteiger partial charge in [-0.1, -0.05) is 18.2 Å². The molecule has 1 heterocycles. The molecule has 0 saturated heterocycles. The highest BCUT2D eigenvalue weighted by atomic mass is 16.4. The molecular weight excluding hydrogens is 230 g/mol. The second-order valence-electron chi connectivity index (χ2n) is 4.59. The molecule has 4 nitrogen and oxygen atoms in total. The molecule has 0 radical (unpaired) electrons. The van der Waals surface area contributed by atoms with Crippen LogP contribution in [0.4, 0.5) is 0 Å². The van der Waals surface area contributed by atoms with E-state index < -0.39 is 12.1 Å². The lowest BCUT2D eigenvalue weighted by Gasteiger charge is -2.12. The van der Waals surface area contributed by atoms with E-state index in [1.807, 2.05) is 42.7 Å². The van der Waals surface area contributed by atoms with Crippen molar-refractivity contribution in [3.63, 3.8) is 0 Å². The van der Waals surface area contributed by atoms with E-state index in [0.717, 1.165) is 16.6 Å². The average molecular weight is 247 g/mol. The third kappa shape index (κ3) is 2.24. The normalized spacial score (nSPS) is 12.8. The van der Waals surface area contributed by atoms with Crippen LogP contribution in [0.3, 0.4) is 0 Å². The lowest BCUT2D eigenvalue weighted by Crippen LogP contribution is -2.20. The average Bonchev–Trinajstić information content (AvgIpc) is 2.54. The predicted octanol–water partition coefficient (Wildman–Crippen LogP) is 2.09. The van der Waals surface area contributed by atoms with Crippen molar-refractivity contribution >= 4 is 16.9 Å². The first kappa shape index (κ1) is 12.6. The van der Waals surface area contributed by atoms with Crippen LogP contribution in [0.15, 0.2) is 24.3 Å². The summed E-state index contributed by atoms with van der Waals surface area (Å²) in [5, 5.41) is 19.6. The van der Waals surface area contributed by atoms with E-state index in [4.69, 9.17) is 5.11 Å². The van der Waals surface area contributed by atoms with Crippen molar-refractivity contribution in [2.45, 2.75) is 32.9 Å². The Hall–Kier alpha value is -1.81. The molecule has 0 saturated carbocycles. The summed E-state index contributed by atoms with van der Waals surface area (Å²) < 4.78 is 1.98.